The van der Waals surface area contributed by atoms with Crippen LogP contribution in [0.1, 0.15) is 131 Å². The molecule has 8 saturated heterocycles. The van der Waals surface area contributed by atoms with E-state index in [1.54, 1.807) is 0 Å². The van der Waals surface area contributed by atoms with Gasteiger partial charge in [-0.05, 0) is 80.8 Å². The third kappa shape index (κ3) is 8.03. The first-order valence-electron chi connectivity index (χ1n) is 23.2. The molecular weight excluding hydrogens is 771 g/mol. The second-order valence-electron chi connectivity index (χ2n) is 20.9. The highest BCUT2D eigenvalue weighted by atomic mass is 16.8. The fraction of sp³-hybridized carbons (Fsp3) is 0.851. The number of allylic oxidation sites excluding steroid dienone is 1. The third-order valence-corrected chi connectivity index (χ3v) is 15.7. The van der Waals surface area contributed by atoms with Crippen molar-refractivity contribution in [1.29, 1.82) is 0 Å². The Kier molecular flexibility index (Phi) is 11.6. The van der Waals surface area contributed by atoms with Gasteiger partial charge in [0.15, 0.2) is 23.1 Å². The predicted octanol–water partition coefficient (Wildman–Crippen LogP) is 6.40. The van der Waals surface area contributed by atoms with Crippen molar-refractivity contribution < 1.29 is 58.0 Å². The molecule has 13 heteroatoms. The van der Waals surface area contributed by atoms with Gasteiger partial charge in [-0.15, -0.1) is 0 Å². The van der Waals surface area contributed by atoms with Crippen LogP contribution in [0, 0.1) is 29.6 Å². The molecule has 9 rings (SSSR count). The second kappa shape index (κ2) is 16.0. The van der Waals surface area contributed by atoms with Crippen molar-refractivity contribution in [3.05, 3.63) is 36.0 Å². The summed E-state index contributed by atoms with van der Waals surface area (Å²) in [6.07, 6.45) is 10.7. The highest BCUT2D eigenvalue weighted by Gasteiger charge is 2.64. The summed E-state index contributed by atoms with van der Waals surface area (Å²) in [5, 5.41) is 36.9. The summed E-state index contributed by atoms with van der Waals surface area (Å²) in [5.41, 5.74) is 1.55. The molecule has 0 aromatic heterocycles. The van der Waals surface area contributed by atoms with Crippen LogP contribution in [0.5, 0.6) is 0 Å². The quantitative estimate of drug-likeness (QED) is 0.189. The number of piperidine rings is 1. The summed E-state index contributed by atoms with van der Waals surface area (Å²) >= 11 is 0. The minimum Gasteiger partial charge on any atom is -0.481 e. The Balaban J connectivity index is 0.837. The van der Waals surface area contributed by atoms with Crippen molar-refractivity contribution in [2.45, 2.75) is 215 Å². The highest BCUT2D eigenvalue weighted by molar-refractivity contribution is 5.66. The van der Waals surface area contributed by atoms with E-state index >= 15 is 0 Å². The van der Waals surface area contributed by atoms with Gasteiger partial charge in [0.1, 0.15) is 17.9 Å². The standard InChI is InChI=1S/C47H71NO12/c1-26-17-33(10-8-9-11-39(49)50)54-43(21-26)14-15-47(60-43)32(7)19-34-35(57-47)20-37(53-34)42(51)46(52)13-12-29(4)40(59-46)30(5)23-44-22-27(2)18-36(55-44)41-38(56-44)24-45(58-41)31(6)16-28(3)25-48-45/h8,10,21,27-29,31-38,40-42,48,51-52H,5,9,11-20,22-25H2,1-4,6-7H3,(H,49,50)/b10-8+/t27-,28+,29+,31-,32+,33-,34+,35+,36+,37-,38+,40+,41+,42+,43-,44+,45-,46-,47-/m1/s1. The van der Waals surface area contributed by atoms with Gasteiger partial charge in [0.2, 0.25) is 0 Å². The molecule has 9 heterocycles. The van der Waals surface area contributed by atoms with Crippen LogP contribution in [0.25, 0.3) is 0 Å². The molecule has 0 unspecified atom stereocenters. The Hall–Kier alpha value is -1.75. The van der Waals surface area contributed by atoms with Gasteiger partial charge in [-0.25, -0.2) is 0 Å². The average Bonchev–Trinajstić information content (AvgIpc) is 3.86. The van der Waals surface area contributed by atoms with Crippen molar-refractivity contribution >= 4 is 5.97 Å². The van der Waals surface area contributed by atoms with Gasteiger partial charge in [0.25, 0.3) is 0 Å². The number of hydrogen-bond donors (Lipinski definition) is 4. The van der Waals surface area contributed by atoms with Crippen LogP contribution in [-0.2, 0) is 42.7 Å². The van der Waals surface area contributed by atoms with Gasteiger partial charge >= 0.3 is 5.97 Å². The number of ether oxygens (including phenoxy) is 8. The summed E-state index contributed by atoms with van der Waals surface area (Å²) in [7, 11) is 0. The molecule has 0 aromatic carbocycles. The van der Waals surface area contributed by atoms with Crippen LogP contribution in [0.15, 0.2) is 36.0 Å². The molecule has 13 nitrogen and oxygen atoms in total. The monoisotopic (exact) mass is 841 g/mol. The number of aliphatic hydroxyl groups excluding tert-OH is 1. The summed E-state index contributed by atoms with van der Waals surface area (Å²) in [5.74, 6) is -3.97. The molecule has 19 atom stereocenters. The molecule has 0 amide bonds. The molecule has 4 N–H and O–H groups in total. The molecule has 336 valence electrons. The first kappa shape index (κ1) is 43.5. The van der Waals surface area contributed by atoms with E-state index in [0.29, 0.717) is 69.1 Å². The zero-order valence-corrected chi connectivity index (χ0v) is 36.6. The topological polar surface area (TPSA) is 164 Å². The van der Waals surface area contributed by atoms with E-state index in [4.69, 9.17) is 43.0 Å². The van der Waals surface area contributed by atoms with E-state index < -0.39 is 53.2 Å². The zero-order chi connectivity index (χ0) is 42.4. The second-order valence-corrected chi connectivity index (χ2v) is 20.9. The van der Waals surface area contributed by atoms with Gasteiger partial charge in [0.05, 0.1) is 42.7 Å². The molecule has 9 aliphatic rings. The van der Waals surface area contributed by atoms with Gasteiger partial charge in [-0.3, -0.25) is 10.1 Å². The van der Waals surface area contributed by atoms with Gasteiger partial charge in [-0.1, -0.05) is 58.9 Å². The normalized spacial score (nSPS) is 51.8. The Morgan fingerprint density at radius 2 is 1.72 bits per heavy atom. The largest absolute Gasteiger partial charge is 0.481 e. The molecule has 0 aliphatic carbocycles. The number of carbonyl (C=O) groups is 1. The number of carboxylic acid groups (broad SMARTS) is 1. The van der Waals surface area contributed by atoms with Crippen LogP contribution in [-0.4, -0.2) is 112 Å². The van der Waals surface area contributed by atoms with E-state index in [-0.39, 0.29) is 61.3 Å². The van der Waals surface area contributed by atoms with Crippen molar-refractivity contribution in [3.8, 4) is 0 Å². The van der Waals surface area contributed by atoms with Gasteiger partial charge in [0, 0.05) is 63.8 Å². The molecule has 3 spiro atoms. The fourth-order valence-corrected chi connectivity index (χ4v) is 12.7. The van der Waals surface area contributed by atoms with Crippen LogP contribution in [0.2, 0.25) is 0 Å². The Morgan fingerprint density at radius 3 is 2.50 bits per heavy atom. The number of hydrogen-bond acceptors (Lipinski definition) is 12. The summed E-state index contributed by atoms with van der Waals surface area (Å²) in [6.45, 7) is 18.6. The number of aliphatic hydroxyl groups is 2. The van der Waals surface area contributed by atoms with Crippen LogP contribution >= 0.6 is 0 Å². The SMILES string of the molecule is C=C(C[C@@]12C[C@H](C)C[C@H](O1)[C@@H]1O[C@@]3(C[C@@H]1O2)NC[C@@H](C)C[C@H]3C)[C@H]1O[C@@](O)([C@@H](O)[C@H]2C[C@@H]3O[C@@]4(CC[C@]5(C=C(C)C[C@@H](/C=C/CCC(=O)O)O5)O4)[C@@H](C)C[C@@H]3O2)CC[C@@H]1C. The van der Waals surface area contributed by atoms with Crippen molar-refractivity contribution in [2.24, 2.45) is 29.6 Å². The lowest BCUT2D eigenvalue weighted by Gasteiger charge is -2.52. The minimum atomic E-state index is -1.84. The van der Waals surface area contributed by atoms with Gasteiger partial charge < -0.3 is 53.2 Å². The summed E-state index contributed by atoms with van der Waals surface area (Å²) in [4.78, 5) is 11.0. The van der Waals surface area contributed by atoms with E-state index in [0.717, 1.165) is 43.4 Å². The molecule has 2 bridgehead atoms. The maximum absolute atomic E-state index is 12.2. The highest BCUT2D eigenvalue weighted by Crippen LogP contribution is 2.55. The Morgan fingerprint density at radius 1 is 0.917 bits per heavy atom. The van der Waals surface area contributed by atoms with Crippen molar-refractivity contribution in [1.82, 2.24) is 5.32 Å². The number of carboxylic acids is 1. The van der Waals surface area contributed by atoms with Crippen molar-refractivity contribution in [3.63, 3.8) is 0 Å². The van der Waals surface area contributed by atoms with E-state index in [1.807, 2.05) is 12.2 Å². The average molecular weight is 842 g/mol. The lowest BCUT2D eigenvalue weighted by Crippen LogP contribution is -2.60. The van der Waals surface area contributed by atoms with Crippen LogP contribution in [0.3, 0.4) is 0 Å². The lowest BCUT2D eigenvalue weighted by molar-refractivity contribution is -0.366. The van der Waals surface area contributed by atoms with E-state index in [2.05, 4.69) is 59.5 Å². The maximum atomic E-state index is 12.2. The Labute approximate surface area is 355 Å². The molecule has 0 saturated carbocycles. The first-order valence-corrected chi connectivity index (χ1v) is 23.2. The zero-order valence-electron chi connectivity index (χ0n) is 36.6. The number of fused-ring (bicyclic) bond motifs is 5. The molecule has 0 radical (unpaired) electrons. The van der Waals surface area contributed by atoms with E-state index in [9.17, 15) is 15.0 Å². The summed E-state index contributed by atoms with van der Waals surface area (Å²) < 4.78 is 54.1. The molecule has 8 fully saturated rings. The van der Waals surface area contributed by atoms with E-state index in [1.165, 1.54) is 0 Å². The van der Waals surface area contributed by atoms with Crippen molar-refractivity contribution in [2.75, 3.05) is 6.54 Å². The fourth-order valence-electron chi connectivity index (χ4n) is 12.7. The lowest BCUT2D eigenvalue weighted by atomic mass is 9.79. The molecule has 9 aliphatic heterocycles. The smallest absolute Gasteiger partial charge is 0.303 e. The van der Waals surface area contributed by atoms with Crippen LogP contribution < -0.4 is 5.32 Å². The maximum Gasteiger partial charge on any atom is 0.303 e. The molecular formula is C47H71NO12. The number of aliphatic carboxylic acids is 1. The van der Waals surface area contributed by atoms with Gasteiger partial charge in [-0.2, -0.15) is 0 Å². The number of nitrogens with one attached hydrogen (secondary N) is 1. The number of rotatable bonds is 9. The first-order chi connectivity index (χ1) is 28.4. The predicted molar refractivity (Wildman–Crippen MR) is 219 cm³/mol. The summed E-state index contributed by atoms with van der Waals surface area (Å²) in [6, 6.07) is 0. The molecule has 60 heavy (non-hydrogen) atoms. The Bertz CT molecular complexity index is 1710. The molecule has 0 aromatic rings. The van der Waals surface area contributed by atoms with Crippen LogP contribution in [0.4, 0.5) is 0 Å². The minimum absolute atomic E-state index is 0.0197. The third-order valence-electron chi connectivity index (χ3n) is 15.7.